The van der Waals surface area contributed by atoms with E-state index in [4.69, 9.17) is 23.2 Å². The summed E-state index contributed by atoms with van der Waals surface area (Å²) < 4.78 is 0. The Bertz CT molecular complexity index is 300. The fourth-order valence-corrected chi connectivity index (χ4v) is 2.19. The molecule has 0 aromatic heterocycles. The minimum absolute atomic E-state index is 0. The zero-order valence-electron chi connectivity index (χ0n) is 11.5. The predicted molar refractivity (Wildman–Crippen MR) is 83.1 cm³/mol. The van der Waals surface area contributed by atoms with Crippen molar-refractivity contribution in [2.75, 3.05) is 0 Å². The van der Waals surface area contributed by atoms with E-state index in [1.54, 1.807) is 0 Å². The van der Waals surface area contributed by atoms with Gasteiger partial charge in [-0.1, -0.05) is 59.7 Å². The molecule has 118 valence electrons. The third-order valence-corrected chi connectivity index (χ3v) is 3.79. The summed E-state index contributed by atoms with van der Waals surface area (Å²) in [5.41, 5.74) is 0. The summed E-state index contributed by atoms with van der Waals surface area (Å²) in [5, 5.41) is 1.68. The Kier molecular flexibility index (Phi) is 18.7. The van der Waals surface area contributed by atoms with Crippen LogP contribution >= 0.6 is 23.2 Å². The fraction of sp³-hybridized carbons (Fsp3) is 0.500. The van der Waals surface area contributed by atoms with Crippen LogP contribution in [0, 0.1) is 0 Å². The summed E-state index contributed by atoms with van der Waals surface area (Å²) in [6.07, 6.45) is 22.2. The summed E-state index contributed by atoms with van der Waals surface area (Å²) in [6, 6.07) is 0. The third-order valence-electron chi connectivity index (χ3n) is 2.86. The van der Waals surface area contributed by atoms with Crippen LogP contribution in [0.15, 0.2) is 46.5 Å². The molecule has 2 aliphatic carbocycles. The van der Waals surface area contributed by atoms with Gasteiger partial charge in [-0.3, -0.25) is 0 Å². The molecule has 0 bridgehead atoms. The van der Waals surface area contributed by atoms with Crippen LogP contribution in [-0.2, 0) is 40.2 Å². The molecule has 0 fully saturated rings. The van der Waals surface area contributed by atoms with Gasteiger partial charge in [-0.2, -0.15) is 0 Å². The smallest absolute Gasteiger partial charge is 0.0329 e. The molecule has 2 radical (unpaired) electrons. The quantitative estimate of drug-likeness (QED) is 0.260. The fourth-order valence-electron chi connectivity index (χ4n) is 1.78. The van der Waals surface area contributed by atoms with Crippen molar-refractivity contribution in [1.82, 2.24) is 0 Å². The second kappa shape index (κ2) is 16.2. The van der Waals surface area contributed by atoms with E-state index >= 15 is 0 Å². The van der Waals surface area contributed by atoms with Crippen molar-refractivity contribution >= 4 is 23.2 Å². The van der Waals surface area contributed by atoms with E-state index in [0.717, 1.165) is 35.7 Å². The number of hydrogen-bond donors (Lipinski definition) is 0. The summed E-state index contributed by atoms with van der Waals surface area (Å²) in [7, 11) is 0. The average molecular weight is 670 g/mol. The molecule has 0 aromatic rings. The zero-order valence-corrected chi connectivity index (χ0v) is 17.8. The van der Waals surface area contributed by atoms with E-state index in [1.807, 2.05) is 0 Å². The summed E-state index contributed by atoms with van der Waals surface area (Å²) in [5.74, 6) is 0. The molecule has 0 aliphatic heterocycles. The van der Waals surface area contributed by atoms with Gasteiger partial charge < -0.3 is 0 Å². The van der Waals surface area contributed by atoms with E-state index in [9.17, 15) is 0 Å². The van der Waals surface area contributed by atoms with Gasteiger partial charge in [-0.05, 0) is 51.4 Å². The minimum Gasteiger partial charge on any atom is -0.0882 e. The van der Waals surface area contributed by atoms with Gasteiger partial charge in [0.2, 0.25) is 0 Å². The summed E-state index contributed by atoms with van der Waals surface area (Å²) >= 11 is 11.7. The molecule has 0 nitrogen and oxygen atoms in total. The van der Waals surface area contributed by atoms with Crippen LogP contribution in [0.4, 0.5) is 0 Å². The van der Waals surface area contributed by atoms with Crippen molar-refractivity contribution in [2.45, 2.75) is 51.4 Å². The first kappa shape index (κ1) is 23.1. The van der Waals surface area contributed by atoms with Gasteiger partial charge in [-0.25, -0.2) is 0 Å². The Morgan fingerprint density at radius 2 is 0.750 bits per heavy atom. The van der Waals surface area contributed by atoms with E-state index in [1.165, 1.54) is 25.7 Å². The molecule has 0 heterocycles. The molecule has 0 spiro atoms. The van der Waals surface area contributed by atoms with Gasteiger partial charge in [0.15, 0.2) is 0 Å². The van der Waals surface area contributed by atoms with Crippen LogP contribution < -0.4 is 0 Å². The molecule has 0 unspecified atom stereocenters. The molecule has 20 heavy (non-hydrogen) atoms. The van der Waals surface area contributed by atoms with Crippen molar-refractivity contribution in [3.63, 3.8) is 0 Å². The Labute approximate surface area is 160 Å². The minimum atomic E-state index is 0. The van der Waals surface area contributed by atoms with Gasteiger partial charge in [0.25, 0.3) is 0 Å². The van der Waals surface area contributed by atoms with Gasteiger partial charge in [-0.15, -0.1) is 0 Å². The SMILES string of the molecule is C1=C\CC/C=C\CC/1.Cl/C1=C(\Cl)CC/C=C\CC1.[Ir].[Ir]. The molecule has 0 saturated carbocycles. The van der Waals surface area contributed by atoms with E-state index in [0.29, 0.717) is 0 Å². The van der Waals surface area contributed by atoms with Crippen LogP contribution in [-0.4, -0.2) is 0 Å². The molecule has 2 rings (SSSR count). The molecule has 0 saturated heterocycles. The van der Waals surface area contributed by atoms with Crippen molar-refractivity contribution in [3.8, 4) is 0 Å². The Morgan fingerprint density at radius 3 is 1.05 bits per heavy atom. The van der Waals surface area contributed by atoms with Gasteiger partial charge in [0, 0.05) is 50.3 Å². The Balaban J connectivity index is 0. The summed E-state index contributed by atoms with van der Waals surface area (Å²) in [4.78, 5) is 0. The van der Waals surface area contributed by atoms with Crippen molar-refractivity contribution in [3.05, 3.63) is 46.5 Å². The van der Waals surface area contributed by atoms with Crippen LogP contribution in [0.1, 0.15) is 51.4 Å². The molecule has 0 atom stereocenters. The molecular formula is C16H22Cl2Ir2. The molecular weight excluding hydrogens is 648 g/mol. The number of allylic oxidation sites excluding steroid dienone is 8. The Morgan fingerprint density at radius 1 is 0.500 bits per heavy atom. The first-order valence-electron chi connectivity index (χ1n) is 6.78. The molecule has 0 amide bonds. The van der Waals surface area contributed by atoms with Crippen LogP contribution in [0.2, 0.25) is 0 Å². The predicted octanol–water partition coefficient (Wildman–Crippen LogP) is 6.47. The number of hydrogen-bond acceptors (Lipinski definition) is 0. The number of halogens is 2. The normalized spacial score (nSPS) is 26.7. The second-order valence-corrected chi connectivity index (χ2v) is 5.37. The topological polar surface area (TPSA) is 0 Å². The first-order chi connectivity index (χ1) is 8.80. The molecule has 2 aliphatic rings. The third kappa shape index (κ3) is 12.6. The van der Waals surface area contributed by atoms with Crippen LogP contribution in [0.5, 0.6) is 0 Å². The zero-order chi connectivity index (χ0) is 13.1. The second-order valence-electron chi connectivity index (χ2n) is 4.46. The number of rotatable bonds is 0. The maximum Gasteiger partial charge on any atom is 0.0329 e. The van der Waals surface area contributed by atoms with E-state index < -0.39 is 0 Å². The standard InChI is InChI=1S/C8H10Cl2.C8H12.2Ir/c9-7-5-3-1-2-4-6-8(7)10;1-2-4-6-8-7-5-3-1;;/h1-2H,3-6H2;1-2,7-8H,3-6H2;;/b2*2-1-,8-7-;;. The monoisotopic (exact) mass is 670 g/mol. The largest absolute Gasteiger partial charge is 0.0882 e. The van der Waals surface area contributed by atoms with Crippen molar-refractivity contribution in [1.29, 1.82) is 0 Å². The Hall–Kier alpha value is 0.839. The first-order valence-corrected chi connectivity index (χ1v) is 7.54. The average Bonchev–Trinajstić information content (AvgIpc) is 2.31. The van der Waals surface area contributed by atoms with Crippen molar-refractivity contribution in [2.24, 2.45) is 0 Å². The van der Waals surface area contributed by atoms with Gasteiger partial charge >= 0.3 is 0 Å². The van der Waals surface area contributed by atoms with Gasteiger partial charge in [0.1, 0.15) is 0 Å². The molecule has 0 N–H and O–H groups in total. The van der Waals surface area contributed by atoms with E-state index in [2.05, 4.69) is 36.5 Å². The van der Waals surface area contributed by atoms with Crippen molar-refractivity contribution < 1.29 is 40.2 Å². The van der Waals surface area contributed by atoms with Crippen LogP contribution in [0.25, 0.3) is 0 Å². The van der Waals surface area contributed by atoms with E-state index in [-0.39, 0.29) is 40.2 Å². The molecule has 4 heteroatoms. The van der Waals surface area contributed by atoms with Gasteiger partial charge in [0.05, 0.1) is 0 Å². The maximum absolute atomic E-state index is 5.86. The summed E-state index contributed by atoms with van der Waals surface area (Å²) in [6.45, 7) is 0. The molecule has 0 aromatic carbocycles. The maximum atomic E-state index is 5.86. The van der Waals surface area contributed by atoms with Crippen LogP contribution in [0.3, 0.4) is 0 Å².